The van der Waals surface area contributed by atoms with Gasteiger partial charge in [-0.2, -0.15) is 5.26 Å². The zero-order valence-electron chi connectivity index (χ0n) is 14.4. The van der Waals surface area contributed by atoms with Crippen LogP contribution in [0.5, 0.6) is 11.5 Å². The van der Waals surface area contributed by atoms with Crippen LogP contribution in [0.1, 0.15) is 5.56 Å². The van der Waals surface area contributed by atoms with E-state index in [4.69, 9.17) is 9.72 Å². The van der Waals surface area contributed by atoms with E-state index in [0.717, 1.165) is 16.4 Å². The van der Waals surface area contributed by atoms with E-state index in [1.807, 2.05) is 51.5 Å². The third-order valence-corrected chi connectivity index (χ3v) is 4.82. The third kappa shape index (κ3) is 2.02. The molecule has 4 aromatic heterocycles. The van der Waals surface area contributed by atoms with Crippen molar-refractivity contribution >= 4 is 22.1 Å². The Bertz CT molecular complexity index is 1390. The number of methoxy groups -OCH3 is 1. The summed E-state index contributed by atoms with van der Waals surface area (Å²) < 4.78 is 8.98. The molecule has 1 N–H and O–H groups in total. The molecule has 1 aromatic carbocycles. The minimum absolute atomic E-state index is 0.0811. The monoisotopic (exact) mass is 354 g/mol. The van der Waals surface area contributed by atoms with Crippen LogP contribution in [0.25, 0.3) is 33.5 Å². The number of phenols is 1. The number of pyridine rings is 1. The highest BCUT2D eigenvalue weighted by Crippen LogP contribution is 2.36. The van der Waals surface area contributed by atoms with E-state index < -0.39 is 0 Å². The van der Waals surface area contributed by atoms with Gasteiger partial charge in [0.25, 0.3) is 0 Å². The number of hydrogen-bond acceptors (Lipinski definition) is 4. The largest absolute Gasteiger partial charge is 0.507 e. The molecule has 27 heavy (non-hydrogen) atoms. The van der Waals surface area contributed by atoms with Gasteiger partial charge in [-0.15, -0.1) is 0 Å². The Kier molecular flexibility index (Phi) is 3.12. The van der Waals surface area contributed by atoms with Gasteiger partial charge in [-0.25, -0.2) is 4.98 Å². The van der Waals surface area contributed by atoms with Crippen LogP contribution in [0.2, 0.25) is 0 Å². The van der Waals surface area contributed by atoms with Crippen molar-refractivity contribution in [2.75, 3.05) is 7.11 Å². The molecular weight excluding hydrogens is 340 g/mol. The van der Waals surface area contributed by atoms with Crippen LogP contribution in [0.15, 0.2) is 60.9 Å². The number of rotatable bonds is 2. The number of fused-ring (bicyclic) bond motifs is 5. The molecule has 6 heteroatoms. The zero-order valence-corrected chi connectivity index (χ0v) is 14.4. The first-order valence-electron chi connectivity index (χ1n) is 8.40. The number of hydrogen-bond donors (Lipinski definition) is 1. The van der Waals surface area contributed by atoms with Crippen molar-refractivity contribution in [1.29, 1.82) is 5.26 Å². The van der Waals surface area contributed by atoms with Gasteiger partial charge in [-0.3, -0.25) is 4.40 Å². The highest BCUT2D eigenvalue weighted by atomic mass is 16.5. The smallest absolute Gasteiger partial charge is 0.150 e. The molecule has 0 unspecified atom stereocenters. The molecule has 0 spiro atoms. The molecule has 130 valence electrons. The van der Waals surface area contributed by atoms with Crippen molar-refractivity contribution < 1.29 is 9.84 Å². The van der Waals surface area contributed by atoms with Crippen LogP contribution in [-0.2, 0) is 0 Å². The molecule has 0 fully saturated rings. The molecule has 0 aliphatic heterocycles. The summed E-state index contributed by atoms with van der Waals surface area (Å²) in [4.78, 5) is 4.83. The van der Waals surface area contributed by atoms with Crippen LogP contribution >= 0.6 is 0 Å². The maximum absolute atomic E-state index is 10.5. The van der Waals surface area contributed by atoms with Crippen LogP contribution in [0, 0.1) is 11.3 Å². The summed E-state index contributed by atoms with van der Waals surface area (Å²) in [5.41, 5.74) is 3.53. The maximum atomic E-state index is 10.5. The fourth-order valence-corrected chi connectivity index (χ4v) is 3.60. The van der Waals surface area contributed by atoms with Gasteiger partial charge in [-0.1, -0.05) is 6.07 Å². The maximum Gasteiger partial charge on any atom is 0.150 e. The van der Waals surface area contributed by atoms with E-state index in [9.17, 15) is 10.4 Å². The first-order valence-corrected chi connectivity index (χ1v) is 8.40. The molecular formula is C21H14N4O2. The van der Waals surface area contributed by atoms with Gasteiger partial charge in [0.15, 0.2) is 5.82 Å². The lowest BCUT2D eigenvalue weighted by atomic mass is 10.1. The fourth-order valence-electron chi connectivity index (χ4n) is 3.60. The Morgan fingerprint density at radius 3 is 2.63 bits per heavy atom. The summed E-state index contributed by atoms with van der Waals surface area (Å²) in [7, 11) is 1.55. The average molecular weight is 354 g/mol. The van der Waals surface area contributed by atoms with Crippen LogP contribution in [0.4, 0.5) is 0 Å². The van der Waals surface area contributed by atoms with Gasteiger partial charge in [0, 0.05) is 18.5 Å². The topological polar surface area (TPSA) is 75.0 Å². The van der Waals surface area contributed by atoms with Gasteiger partial charge >= 0.3 is 0 Å². The molecule has 0 atom stereocenters. The number of aromatic nitrogens is 3. The Hall–Kier alpha value is -3.98. The Labute approximate surface area is 154 Å². The number of nitrogens with zero attached hydrogens (tertiary/aromatic N) is 4. The van der Waals surface area contributed by atoms with Crippen LogP contribution in [0.3, 0.4) is 0 Å². The highest BCUT2D eigenvalue weighted by Gasteiger charge is 2.20. The lowest BCUT2D eigenvalue weighted by Crippen LogP contribution is -1.98. The molecule has 5 rings (SSSR count). The van der Waals surface area contributed by atoms with Gasteiger partial charge in [0.1, 0.15) is 23.2 Å². The van der Waals surface area contributed by atoms with E-state index in [2.05, 4.69) is 6.07 Å². The standard InChI is InChI=1S/C21H14N4O2/c1-27-13-7-8-14(18(26)11-13)20-23-21-19(17-6-4-10-25(17)20)15(12-22)16-5-2-3-9-24(16)21/h2-11,26H,1H3. The van der Waals surface area contributed by atoms with Gasteiger partial charge < -0.3 is 14.2 Å². The molecule has 0 bridgehead atoms. The zero-order chi connectivity index (χ0) is 18.5. The van der Waals surface area contributed by atoms with E-state index in [1.165, 1.54) is 0 Å². The summed E-state index contributed by atoms with van der Waals surface area (Å²) in [5, 5.41) is 21.1. The summed E-state index contributed by atoms with van der Waals surface area (Å²) in [5.74, 6) is 1.24. The third-order valence-electron chi connectivity index (χ3n) is 4.82. The first-order chi connectivity index (χ1) is 13.2. The second kappa shape index (κ2) is 5.51. The number of nitriles is 1. The van der Waals surface area contributed by atoms with Gasteiger partial charge in [-0.05, 0) is 36.4 Å². The number of benzene rings is 1. The van der Waals surface area contributed by atoms with Crippen molar-refractivity contribution in [3.63, 3.8) is 0 Å². The van der Waals surface area contributed by atoms with Crippen molar-refractivity contribution in [1.82, 2.24) is 13.8 Å². The van der Waals surface area contributed by atoms with Crippen molar-refractivity contribution in [2.45, 2.75) is 0 Å². The second-order valence-corrected chi connectivity index (χ2v) is 6.22. The molecule has 5 aromatic rings. The summed E-state index contributed by atoms with van der Waals surface area (Å²) in [6.07, 6.45) is 3.77. The highest BCUT2D eigenvalue weighted by molar-refractivity contribution is 6.04. The van der Waals surface area contributed by atoms with E-state index in [0.29, 0.717) is 28.3 Å². The lowest BCUT2D eigenvalue weighted by Gasteiger charge is -2.10. The van der Waals surface area contributed by atoms with E-state index in [-0.39, 0.29) is 5.75 Å². The number of aromatic hydroxyl groups is 1. The Morgan fingerprint density at radius 1 is 1.04 bits per heavy atom. The minimum atomic E-state index is 0.0811. The second-order valence-electron chi connectivity index (χ2n) is 6.22. The molecule has 0 aliphatic rings. The molecule has 0 saturated carbocycles. The summed E-state index contributed by atoms with van der Waals surface area (Å²) in [6.45, 7) is 0. The van der Waals surface area contributed by atoms with Gasteiger partial charge in [0.2, 0.25) is 0 Å². The fraction of sp³-hybridized carbons (Fsp3) is 0.0476. The quantitative estimate of drug-likeness (QED) is 0.520. The molecule has 0 amide bonds. The Morgan fingerprint density at radius 2 is 1.85 bits per heavy atom. The predicted molar refractivity (Wildman–Crippen MR) is 102 cm³/mol. The first kappa shape index (κ1) is 15.3. The Balaban J connectivity index is 1.96. The van der Waals surface area contributed by atoms with E-state index >= 15 is 0 Å². The van der Waals surface area contributed by atoms with E-state index in [1.54, 1.807) is 25.3 Å². The average Bonchev–Trinajstić information content (AvgIpc) is 3.30. The lowest BCUT2D eigenvalue weighted by molar-refractivity contribution is 0.408. The van der Waals surface area contributed by atoms with Crippen LogP contribution in [-0.4, -0.2) is 26.0 Å². The predicted octanol–water partition coefficient (Wildman–Crippen LogP) is 3.99. The SMILES string of the molecule is COc1ccc(-c2nc3c(c(C#N)c4ccccn43)c3cccn23)c(O)c1. The number of phenolic OH excluding ortho intramolecular Hbond substituents is 1. The van der Waals surface area contributed by atoms with Crippen molar-refractivity contribution in [2.24, 2.45) is 0 Å². The molecule has 0 radical (unpaired) electrons. The molecule has 6 nitrogen and oxygen atoms in total. The van der Waals surface area contributed by atoms with Crippen LogP contribution < -0.4 is 4.74 Å². The van der Waals surface area contributed by atoms with Crippen molar-refractivity contribution in [3.8, 4) is 29.0 Å². The molecule has 0 aliphatic carbocycles. The number of ether oxygens (including phenoxy) is 1. The summed E-state index contributed by atoms with van der Waals surface area (Å²) >= 11 is 0. The minimum Gasteiger partial charge on any atom is -0.507 e. The van der Waals surface area contributed by atoms with Gasteiger partial charge in [0.05, 0.1) is 34.7 Å². The molecule has 4 heterocycles. The molecule has 0 saturated heterocycles. The normalized spacial score (nSPS) is 11.3. The summed E-state index contributed by atoms with van der Waals surface area (Å²) in [6, 6.07) is 17.0. The van der Waals surface area contributed by atoms with Crippen molar-refractivity contribution in [3.05, 3.63) is 66.5 Å².